The molecule has 4 aliphatic rings. The van der Waals surface area contributed by atoms with Gasteiger partial charge in [-0.15, -0.1) is 0 Å². The second kappa shape index (κ2) is 38.8. The molecule has 2 heterocycles. The van der Waals surface area contributed by atoms with Crippen molar-refractivity contribution >= 4 is 84.0 Å². The quantitative estimate of drug-likeness (QED) is 0.0877. The molecule has 0 bridgehead atoms. The van der Waals surface area contributed by atoms with Crippen molar-refractivity contribution in [3.8, 4) is 0 Å². The number of hydrogen-bond donors (Lipinski definition) is 0. The normalized spacial score (nSPS) is 15.5. The van der Waals surface area contributed by atoms with Gasteiger partial charge < -0.3 is 9.47 Å². The van der Waals surface area contributed by atoms with Gasteiger partial charge in [0, 0.05) is 28.0 Å². The largest absolute Gasteiger partial charge is 0.372 e. The number of sulfone groups is 3. The van der Waals surface area contributed by atoms with Crippen LogP contribution >= 0.6 is 0 Å². The monoisotopic (exact) mass is 1530 g/mol. The zero-order chi connectivity index (χ0) is 71.7. The van der Waals surface area contributed by atoms with E-state index < -0.39 is 29.5 Å². The van der Waals surface area contributed by atoms with Gasteiger partial charge in [0.05, 0.1) is 84.3 Å². The Balaban J connectivity index is 0.000000134. The van der Waals surface area contributed by atoms with Crippen LogP contribution in [0.2, 0.25) is 0 Å². The SMILES string of the molecule is CS(=O)(=O)c1ccc([S+](c2ccccc2)c2ccccc2)cc1.Fc1ccc([S+]2CCOCC2)cc1.O=S(=O)(c1ccc([S+](c2ccccc2)c2ccccc2)cc1)C1CCCC1.O=S(=O)(c1ccc([S+](c2ccccc2)c2ccccc2)cc1)C1CCCCC1.c1ccc([S+]2CCOCC2)cc1. The molecule has 0 radical (unpaired) electrons. The van der Waals surface area contributed by atoms with Crippen LogP contribution in [0.1, 0.15) is 57.8 Å². The molecule has 0 atom stereocenters. The predicted molar refractivity (Wildman–Crippen MR) is 426 cm³/mol. The lowest BCUT2D eigenvalue weighted by atomic mass is 10.0. The van der Waals surface area contributed by atoms with Gasteiger partial charge in [-0.3, -0.25) is 0 Å². The first kappa shape index (κ1) is 77.0. The molecule has 0 amide bonds. The molecule has 2 saturated heterocycles. The Morgan fingerprint density at radius 1 is 0.291 bits per heavy atom. The number of halogens is 1. The molecule has 0 unspecified atom stereocenters. The Hall–Kier alpha value is -7.13. The molecule has 532 valence electrons. The lowest BCUT2D eigenvalue weighted by Gasteiger charge is -2.21. The van der Waals surface area contributed by atoms with E-state index in [0.29, 0.717) is 36.5 Å². The first-order chi connectivity index (χ1) is 50.2. The summed E-state index contributed by atoms with van der Waals surface area (Å²) < 4.78 is 98.3. The molecule has 15 rings (SSSR count). The molecule has 103 heavy (non-hydrogen) atoms. The van der Waals surface area contributed by atoms with Crippen LogP contribution in [-0.4, -0.2) is 91.4 Å². The van der Waals surface area contributed by atoms with E-state index in [0.717, 1.165) is 110 Å². The van der Waals surface area contributed by atoms with Crippen LogP contribution in [0, 0.1) is 5.82 Å². The Morgan fingerprint density at radius 3 is 0.796 bits per heavy atom. The van der Waals surface area contributed by atoms with Crippen LogP contribution in [0.4, 0.5) is 4.39 Å². The third-order valence-electron chi connectivity index (χ3n) is 18.0. The number of ether oxygens (including phenoxy) is 2. The van der Waals surface area contributed by atoms with Gasteiger partial charge in [0.2, 0.25) is 0 Å². The fraction of sp³-hybridized carbons (Fsp3) is 0.233. The molecule has 11 aromatic rings. The highest BCUT2D eigenvalue weighted by Gasteiger charge is 2.36. The lowest BCUT2D eigenvalue weighted by molar-refractivity contribution is 0.159. The van der Waals surface area contributed by atoms with Gasteiger partial charge in [-0.25, -0.2) is 29.6 Å². The summed E-state index contributed by atoms with van der Waals surface area (Å²) in [4.78, 5) is 14.8. The summed E-state index contributed by atoms with van der Waals surface area (Å²) in [7, 11) is -9.59. The molecule has 0 aromatic heterocycles. The summed E-state index contributed by atoms with van der Waals surface area (Å²) in [6, 6.07) is 102. The van der Waals surface area contributed by atoms with Crippen molar-refractivity contribution in [3.63, 3.8) is 0 Å². The molecule has 2 aliphatic carbocycles. The fourth-order valence-electron chi connectivity index (χ4n) is 12.6. The topological polar surface area (TPSA) is 121 Å². The summed E-state index contributed by atoms with van der Waals surface area (Å²) in [5.74, 6) is 4.45. The molecule has 4 fully saturated rings. The van der Waals surface area contributed by atoms with Crippen LogP contribution < -0.4 is 0 Å². The van der Waals surface area contributed by atoms with E-state index in [2.05, 4.69) is 152 Å². The fourth-order valence-corrected chi connectivity index (χ4v) is 26.9. The number of hydrogen-bond acceptors (Lipinski definition) is 8. The van der Waals surface area contributed by atoms with Crippen molar-refractivity contribution < 1.29 is 39.1 Å². The Morgan fingerprint density at radius 2 is 0.524 bits per heavy atom. The van der Waals surface area contributed by atoms with Crippen LogP contribution in [0.5, 0.6) is 0 Å². The first-order valence-electron chi connectivity index (χ1n) is 35.0. The van der Waals surface area contributed by atoms with Gasteiger partial charge in [0.1, 0.15) is 28.8 Å². The van der Waals surface area contributed by atoms with E-state index in [4.69, 9.17) is 9.47 Å². The second-order valence-corrected chi connectivity index (χ2v) is 42.1. The van der Waals surface area contributed by atoms with Crippen molar-refractivity contribution in [2.24, 2.45) is 0 Å². The van der Waals surface area contributed by atoms with Crippen molar-refractivity contribution in [3.05, 3.63) is 315 Å². The highest BCUT2D eigenvalue weighted by Crippen LogP contribution is 2.37. The van der Waals surface area contributed by atoms with Gasteiger partial charge in [-0.1, -0.05) is 159 Å². The Bertz CT molecular complexity index is 4530. The molecular weight excluding hydrogens is 1440 g/mol. The van der Waals surface area contributed by atoms with E-state index in [1.807, 2.05) is 121 Å². The average Bonchev–Trinajstić information content (AvgIpc) is 1.70. The van der Waals surface area contributed by atoms with Gasteiger partial charge in [-0.2, -0.15) is 0 Å². The number of rotatable bonds is 16. The van der Waals surface area contributed by atoms with E-state index in [1.54, 1.807) is 24.3 Å². The molecule has 17 heteroatoms. The van der Waals surface area contributed by atoms with Crippen LogP contribution in [0.15, 0.2) is 378 Å². The van der Waals surface area contributed by atoms with E-state index >= 15 is 0 Å². The van der Waals surface area contributed by atoms with E-state index in [9.17, 15) is 29.6 Å². The van der Waals surface area contributed by atoms with E-state index in [1.165, 1.54) is 69.1 Å². The minimum Gasteiger partial charge on any atom is -0.372 e. The van der Waals surface area contributed by atoms with Crippen molar-refractivity contribution in [2.45, 2.75) is 137 Å². The van der Waals surface area contributed by atoms with Crippen molar-refractivity contribution in [2.75, 3.05) is 55.7 Å². The number of benzene rings is 11. The summed E-state index contributed by atoms with van der Waals surface area (Å²) in [5.41, 5.74) is 0. The van der Waals surface area contributed by atoms with Gasteiger partial charge in [-0.05, 0) is 208 Å². The lowest BCUT2D eigenvalue weighted by Crippen LogP contribution is -2.26. The molecular formula is C86H90FO8S8+5. The summed E-state index contributed by atoms with van der Waals surface area (Å²) in [5, 5.41) is -0.418. The second-order valence-electron chi connectivity index (χ2n) is 25.0. The molecule has 0 spiro atoms. The third-order valence-corrected chi connectivity index (χ3v) is 34.9. The zero-order valence-corrected chi connectivity index (χ0v) is 64.6. The maximum atomic E-state index is 13.0. The van der Waals surface area contributed by atoms with Crippen LogP contribution in [0.3, 0.4) is 0 Å². The van der Waals surface area contributed by atoms with Crippen molar-refractivity contribution in [1.29, 1.82) is 0 Å². The zero-order valence-electron chi connectivity index (χ0n) is 58.0. The maximum absolute atomic E-state index is 13.0. The molecule has 0 N–H and O–H groups in total. The average molecular weight is 1530 g/mol. The standard InChI is InChI=1S/C24H25O2S2.C23H23O2S2.C19H17O2S2.C10H12FOS.C10H13OS/c25-28(26,23-14-8-3-9-15-23)24-18-16-22(17-19-24)27(20-10-4-1-5-11-20)21-12-6-2-7-13-21;24-27(25,22-13-7-8-14-22)23-17-15-21(16-18-23)26(19-9-3-1-4-10-19)20-11-5-2-6-12-20;1-23(20,21)19-14-12-18(13-15-19)22(16-8-4-2-5-9-16)17-10-6-3-7-11-17;11-9-1-3-10(4-2-9)13-7-5-12-6-8-13;1-2-4-10(5-3-1)12-8-6-11-7-9-12/h1-2,4-7,10-13,16-19,23H,3,8-9,14-15H2;1-6,9-12,15-18,22H,7-8,13-14H2;2-15H,1H3;1-4H,5-8H2;1-5H,6-9H2/q5*+1. The Labute approximate surface area is 625 Å². The first-order valence-corrected chi connectivity index (χ1v) is 46.8. The van der Waals surface area contributed by atoms with Crippen LogP contribution in [0.25, 0.3) is 0 Å². The highest BCUT2D eigenvalue weighted by molar-refractivity contribution is 7.98. The third kappa shape index (κ3) is 21.8. The smallest absolute Gasteiger partial charge is 0.181 e. The summed E-state index contributed by atoms with van der Waals surface area (Å²) >= 11 is 0. The summed E-state index contributed by atoms with van der Waals surface area (Å²) in [6.07, 6.45) is 9.65. The molecule has 8 nitrogen and oxygen atoms in total. The molecule has 11 aromatic carbocycles. The van der Waals surface area contributed by atoms with E-state index in [-0.39, 0.29) is 49.0 Å². The van der Waals surface area contributed by atoms with Gasteiger partial charge >= 0.3 is 0 Å². The molecule has 2 aliphatic heterocycles. The minimum absolute atomic E-state index is 0.152. The molecule has 2 saturated carbocycles. The maximum Gasteiger partial charge on any atom is 0.181 e. The Kier molecular flexibility index (Phi) is 29.0. The summed E-state index contributed by atoms with van der Waals surface area (Å²) in [6.45, 7) is 3.58. The highest BCUT2D eigenvalue weighted by atomic mass is 32.2. The van der Waals surface area contributed by atoms with Crippen molar-refractivity contribution in [1.82, 2.24) is 0 Å². The van der Waals surface area contributed by atoms with Gasteiger partial charge in [0.25, 0.3) is 0 Å². The predicted octanol–water partition coefficient (Wildman–Crippen LogP) is 19.1. The van der Waals surface area contributed by atoms with Gasteiger partial charge in [0.15, 0.2) is 83.4 Å². The van der Waals surface area contributed by atoms with Crippen LogP contribution in [-0.2, 0) is 93.5 Å². The minimum atomic E-state index is -3.23.